The molecule has 1 N–H and O–H groups in total. The van der Waals surface area contributed by atoms with Crippen LogP contribution in [0, 0.1) is 0 Å². The molecule has 11 heteroatoms. The molecular weight excluding hydrogens is 468 g/mol. The Balaban J connectivity index is 1.55. The van der Waals surface area contributed by atoms with Gasteiger partial charge in [0.05, 0.1) is 33.8 Å². The monoisotopic (exact) mass is 490 g/mol. The van der Waals surface area contributed by atoms with E-state index < -0.39 is 11.7 Å². The minimum Gasteiger partial charge on any atom is -0.443 e. The number of carbonyl (C=O) groups is 1. The Kier molecular flexibility index (Phi) is 5.52. The average Bonchev–Trinajstić information content (AvgIpc) is 3.53. The van der Waals surface area contributed by atoms with Gasteiger partial charge >= 0.3 is 6.09 Å². The third-order valence-corrected chi connectivity index (χ3v) is 5.47. The van der Waals surface area contributed by atoms with Crippen molar-refractivity contribution in [3.8, 4) is 16.9 Å². The number of pyridine rings is 1. The number of ether oxygens (including phenoxy) is 1. The van der Waals surface area contributed by atoms with Crippen LogP contribution in [0.25, 0.3) is 27.8 Å². The number of nitrogens with zero attached hydrogens (tertiary/aromatic N) is 7. The number of benzene rings is 1. The number of anilines is 2. The first-order valence-corrected chi connectivity index (χ1v) is 11.2. The largest absolute Gasteiger partial charge is 0.443 e. The van der Waals surface area contributed by atoms with Gasteiger partial charge in [-0.3, -0.25) is 4.68 Å². The lowest BCUT2D eigenvalue weighted by Crippen LogP contribution is -2.27. The molecule has 0 aliphatic carbocycles. The number of rotatable bonds is 4. The van der Waals surface area contributed by atoms with Crippen LogP contribution in [-0.2, 0) is 11.8 Å². The van der Waals surface area contributed by atoms with E-state index in [1.165, 1.54) is 6.33 Å². The van der Waals surface area contributed by atoms with Crippen LogP contribution in [0.15, 0.2) is 61.6 Å². The lowest BCUT2D eigenvalue weighted by molar-refractivity contribution is 0.0547. The molecule has 0 amide bonds. The fourth-order valence-electron chi connectivity index (χ4n) is 3.67. The number of aryl methyl sites for hydroxylation is 1. The highest BCUT2D eigenvalue weighted by atomic mass is 35.5. The molecule has 4 aromatic heterocycles. The van der Waals surface area contributed by atoms with E-state index >= 15 is 0 Å². The predicted molar refractivity (Wildman–Crippen MR) is 133 cm³/mol. The standard InChI is InChI=1S/C24H23ClN8O2/c1-24(2,3)35-23(34)33-20(16-11-28-31(4)12-16)7-15-10-27-22(9-21(15)33)30-19-6-5-17(8-18(19)25)32-14-26-13-29-32/h5-14H,1-4H3,(H,27,30). The number of aromatic nitrogens is 7. The Morgan fingerprint density at radius 3 is 2.60 bits per heavy atom. The molecular formula is C24H23ClN8O2. The molecule has 0 aliphatic heterocycles. The summed E-state index contributed by atoms with van der Waals surface area (Å²) in [6, 6.07) is 9.17. The van der Waals surface area contributed by atoms with Gasteiger partial charge in [0.1, 0.15) is 24.1 Å². The second-order valence-electron chi connectivity index (χ2n) is 9.01. The smallest absolute Gasteiger partial charge is 0.419 e. The third kappa shape index (κ3) is 4.60. The SMILES string of the molecule is Cn1cc(-c2cc3cnc(Nc4ccc(-n5cncn5)cc4Cl)cc3n2C(=O)OC(C)(C)C)cn1. The Hall–Kier alpha value is -4.18. The van der Waals surface area contributed by atoms with Gasteiger partial charge in [-0.05, 0) is 45.0 Å². The van der Waals surface area contributed by atoms with Gasteiger partial charge in [-0.15, -0.1) is 0 Å². The van der Waals surface area contributed by atoms with Crippen molar-refractivity contribution >= 4 is 40.1 Å². The van der Waals surface area contributed by atoms with Gasteiger partial charge in [0.25, 0.3) is 0 Å². The summed E-state index contributed by atoms with van der Waals surface area (Å²) in [5.74, 6) is 0.522. The van der Waals surface area contributed by atoms with E-state index in [2.05, 4.69) is 25.5 Å². The molecule has 0 atom stereocenters. The predicted octanol–water partition coefficient (Wildman–Crippen LogP) is 5.20. The third-order valence-electron chi connectivity index (χ3n) is 5.16. The molecule has 5 rings (SSSR count). The number of hydrogen-bond acceptors (Lipinski definition) is 7. The maximum Gasteiger partial charge on any atom is 0.419 e. The van der Waals surface area contributed by atoms with Crippen molar-refractivity contribution in [1.29, 1.82) is 0 Å². The number of carbonyl (C=O) groups excluding carboxylic acids is 1. The summed E-state index contributed by atoms with van der Waals surface area (Å²) in [7, 11) is 1.82. The van der Waals surface area contributed by atoms with Gasteiger partial charge in [-0.2, -0.15) is 10.2 Å². The van der Waals surface area contributed by atoms with Gasteiger partial charge in [-0.1, -0.05) is 11.6 Å². The van der Waals surface area contributed by atoms with Crippen molar-refractivity contribution in [1.82, 2.24) is 34.1 Å². The molecule has 0 bridgehead atoms. The summed E-state index contributed by atoms with van der Waals surface area (Å²) < 4.78 is 10.5. The van der Waals surface area contributed by atoms with E-state index in [1.807, 2.05) is 52.2 Å². The molecule has 1 aromatic carbocycles. The zero-order valence-corrected chi connectivity index (χ0v) is 20.4. The minimum atomic E-state index is -0.659. The summed E-state index contributed by atoms with van der Waals surface area (Å²) in [5, 5.41) is 12.9. The van der Waals surface area contributed by atoms with Crippen LogP contribution in [-0.4, -0.2) is 45.8 Å². The highest BCUT2D eigenvalue weighted by Gasteiger charge is 2.24. The summed E-state index contributed by atoms with van der Waals surface area (Å²) in [6.45, 7) is 5.50. The van der Waals surface area contributed by atoms with Crippen molar-refractivity contribution in [3.63, 3.8) is 0 Å². The first-order chi connectivity index (χ1) is 16.7. The zero-order valence-electron chi connectivity index (χ0n) is 19.6. The lowest BCUT2D eigenvalue weighted by atomic mass is 10.2. The average molecular weight is 491 g/mol. The lowest BCUT2D eigenvalue weighted by Gasteiger charge is -2.21. The number of nitrogens with one attached hydrogen (secondary N) is 1. The van der Waals surface area contributed by atoms with E-state index in [0.717, 1.165) is 16.6 Å². The molecule has 0 aliphatic rings. The maximum atomic E-state index is 13.2. The normalized spacial score (nSPS) is 11.7. The molecule has 178 valence electrons. The van der Waals surface area contributed by atoms with Gasteiger partial charge < -0.3 is 10.1 Å². The fourth-order valence-corrected chi connectivity index (χ4v) is 3.89. The van der Waals surface area contributed by atoms with Crippen molar-refractivity contribution in [2.45, 2.75) is 26.4 Å². The minimum absolute atomic E-state index is 0.485. The van der Waals surface area contributed by atoms with E-state index in [9.17, 15) is 4.79 Å². The molecule has 35 heavy (non-hydrogen) atoms. The van der Waals surface area contributed by atoms with Gasteiger partial charge in [0.15, 0.2) is 0 Å². The van der Waals surface area contributed by atoms with Crippen molar-refractivity contribution < 1.29 is 9.53 Å². The molecule has 10 nitrogen and oxygen atoms in total. The topological polar surface area (TPSA) is 105 Å². The highest BCUT2D eigenvalue weighted by Crippen LogP contribution is 2.32. The van der Waals surface area contributed by atoms with Gasteiger partial charge in [-0.25, -0.2) is 24.0 Å². The molecule has 5 aromatic rings. The first-order valence-electron chi connectivity index (χ1n) is 10.8. The van der Waals surface area contributed by atoms with Crippen molar-refractivity contribution in [2.75, 3.05) is 5.32 Å². The highest BCUT2D eigenvalue weighted by molar-refractivity contribution is 6.33. The Labute approximate surface area is 206 Å². The van der Waals surface area contributed by atoms with Crippen LogP contribution in [0.1, 0.15) is 20.8 Å². The maximum absolute atomic E-state index is 13.2. The summed E-state index contributed by atoms with van der Waals surface area (Å²) in [4.78, 5) is 21.7. The fraction of sp³-hybridized carbons (Fsp3) is 0.208. The molecule has 0 radical (unpaired) electrons. The van der Waals surface area contributed by atoms with Crippen LogP contribution in [0.2, 0.25) is 5.02 Å². The van der Waals surface area contributed by atoms with Crippen molar-refractivity contribution in [3.05, 3.63) is 66.6 Å². The number of hydrogen-bond donors (Lipinski definition) is 1. The van der Waals surface area contributed by atoms with Crippen LogP contribution >= 0.6 is 11.6 Å². The second-order valence-corrected chi connectivity index (χ2v) is 9.41. The van der Waals surface area contributed by atoms with Crippen LogP contribution in [0.3, 0.4) is 0 Å². The first kappa shape index (κ1) is 22.6. The molecule has 0 fully saturated rings. The van der Waals surface area contributed by atoms with E-state index in [-0.39, 0.29) is 0 Å². The van der Waals surface area contributed by atoms with Gasteiger partial charge in [0.2, 0.25) is 0 Å². The Morgan fingerprint density at radius 1 is 1.11 bits per heavy atom. The van der Waals surface area contributed by atoms with E-state index in [0.29, 0.717) is 27.7 Å². The molecule has 0 unspecified atom stereocenters. The molecule has 0 spiro atoms. The summed E-state index contributed by atoms with van der Waals surface area (Å²) in [5.41, 5.74) is 2.87. The Morgan fingerprint density at radius 2 is 1.94 bits per heavy atom. The number of halogens is 1. The zero-order chi connectivity index (χ0) is 24.7. The van der Waals surface area contributed by atoms with E-state index in [4.69, 9.17) is 16.3 Å². The van der Waals surface area contributed by atoms with Crippen LogP contribution < -0.4 is 5.32 Å². The second kappa shape index (κ2) is 8.55. The quantitative estimate of drug-likeness (QED) is 0.369. The summed E-state index contributed by atoms with van der Waals surface area (Å²) >= 11 is 6.51. The number of fused-ring (bicyclic) bond motifs is 1. The van der Waals surface area contributed by atoms with Crippen molar-refractivity contribution in [2.24, 2.45) is 7.05 Å². The molecule has 0 saturated carbocycles. The summed E-state index contributed by atoms with van der Waals surface area (Å²) in [6.07, 6.45) is 7.82. The Bertz CT molecular complexity index is 1530. The van der Waals surface area contributed by atoms with Crippen LogP contribution in [0.4, 0.5) is 16.3 Å². The molecule has 0 saturated heterocycles. The van der Waals surface area contributed by atoms with Gasteiger partial charge in [0, 0.05) is 36.5 Å². The molecule has 4 heterocycles. The van der Waals surface area contributed by atoms with Crippen LogP contribution in [0.5, 0.6) is 0 Å². The van der Waals surface area contributed by atoms with E-state index in [1.54, 1.807) is 44.8 Å².